The normalized spacial score (nSPS) is 12.2. The first-order valence-electron chi connectivity index (χ1n) is 9.81. The van der Waals surface area contributed by atoms with E-state index in [1.807, 2.05) is 36.4 Å². The van der Waals surface area contributed by atoms with E-state index >= 15 is 0 Å². The van der Waals surface area contributed by atoms with Crippen molar-refractivity contribution in [2.45, 2.75) is 25.8 Å². The third kappa shape index (κ3) is 6.06. The Hall–Kier alpha value is -2.90. The molecule has 0 saturated heterocycles. The number of halogens is 1. The fourth-order valence-corrected chi connectivity index (χ4v) is 4.65. The van der Waals surface area contributed by atoms with Crippen molar-refractivity contribution in [3.63, 3.8) is 0 Å². The quantitative estimate of drug-likeness (QED) is 0.539. The summed E-state index contributed by atoms with van der Waals surface area (Å²) in [4.78, 5) is 17.0. The lowest BCUT2D eigenvalue weighted by Crippen LogP contribution is -2.46. The first-order valence-corrected chi connectivity index (χ1v) is 12.0. The van der Waals surface area contributed by atoms with Gasteiger partial charge in [0, 0.05) is 23.1 Å². The highest BCUT2D eigenvalue weighted by molar-refractivity contribution is 7.92. The molecule has 1 aromatic heterocycles. The summed E-state index contributed by atoms with van der Waals surface area (Å²) in [7, 11) is -3.70. The van der Waals surface area contributed by atoms with Crippen molar-refractivity contribution < 1.29 is 13.2 Å². The molecular formula is C23H24ClN3O3S. The third-order valence-electron chi connectivity index (χ3n) is 4.79. The zero-order valence-corrected chi connectivity index (χ0v) is 18.9. The second kappa shape index (κ2) is 9.94. The van der Waals surface area contributed by atoms with Gasteiger partial charge in [0.2, 0.25) is 15.9 Å². The van der Waals surface area contributed by atoms with Gasteiger partial charge in [0.15, 0.2) is 0 Å². The number of hydrogen-bond donors (Lipinski definition) is 1. The molecule has 0 fully saturated rings. The van der Waals surface area contributed by atoms with Gasteiger partial charge in [-0.05, 0) is 72.5 Å². The van der Waals surface area contributed by atoms with Crippen LogP contribution in [0.1, 0.15) is 24.5 Å². The number of anilines is 2. The molecule has 1 amide bonds. The van der Waals surface area contributed by atoms with Gasteiger partial charge in [0.1, 0.15) is 6.04 Å². The molecule has 162 valence electrons. The minimum atomic E-state index is -3.70. The number of carbonyl (C=O) groups excluding carboxylic acids is 1. The molecule has 0 aliphatic rings. The van der Waals surface area contributed by atoms with E-state index in [4.69, 9.17) is 11.6 Å². The van der Waals surface area contributed by atoms with Crippen molar-refractivity contribution in [1.82, 2.24) is 4.98 Å². The van der Waals surface area contributed by atoms with Gasteiger partial charge in [-0.2, -0.15) is 0 Å². The Morgan fingerprint density at radius 2 is 1.58 bits per heavy atom. The number of benzene rings is 2. The molecule has 2 aromatic carbocycles. The zero-order chi connectivity index (χ0) is 22.4. The highest BCUT2D eigenvalue weighted by Gasteiger charge is 2.31. The third-order valence-corrected chi connectivity index (χ3v) is 6.22. The second-order valence-corrected chi connectivity index (χ2v) is 9.47. The fourth-order valence-electron chi connectivity index (χ4n) is 3.32. The zero-order valence-electron chi connectivity index (χ0n) is 17.3. The van der Waals surface area contributed by atoms with E-state index in [2.05, 4.69) is 10.3 Å². The predicted octanol–water partition coefficient (Wildman–Crippen LogP) is 4.51. The van der Waals surface area contributed by atoms with Crippen LogP contribution in [0.5, 0.6) is 0 Å². The van der Waals surface area contributed by atoms with Crippen LogP contribution in [0.25, 0.3) is 0 Å². The van der Waals surface area contributed by atoms with Gasteiger partial charge in [-0.25, -0.2) is 8.42 Å². The number of nitrogens with one attached hydrogen (secondary N) is 1. The Morgan fingerprint density at radius 3 is 2.13 bits per heavy atom. The van der Waals surface area contributed by atoms with Crippen LogP contribution >= 0.6 is 11.6 Å². The maximum atomic E-state index is 13.0. The lowest BCUT2D eigenvalue weighted by molar-refractivity contribution is -0.117. The summed E-state index contributed by atoms with van der Waals surface area (Å²) in [6.45, 7) is 1.77. The van der Waals surface area contributed by atoms with Crippen LogP contribution in [0.15, 0.2) is 73.1 Å². The number of amides is 1. The van der Waals surface area contributed by atoms with Gasteiger partial charge in [0.25, 0.3) is 0 Å². The van der Waals surface area contributed by atoms with Crippen LogP contribution in [0, 0.1) is 0 Å². The molecule has 0 aliphatic carbocycles. The van der Waals surface area contributed by atoms with Gasteiger partial charge in [-0.15, -0.1) is 0 Å². The Bertz CT molecular complexity index is 1120. The highest BCUT2D eigenvalue weighted by Crippen LogP contribution is 2.25. The predicted molar refractivity (Wildman–Crippen MR) is 125 cm³/mol. The molecular weight excluding hydrogens is 434 g/mol. The Labute approximate surface area is 187 Å². The topological polar surface area (TPSA) is 79.4 Å². The van der Waals surface area contributed by atoms with Crippen LogP contribution in [0.2, 0.25) is 5.02 Å². The van der Waals surface area contributed by atoms with E-state index in [0.717, 1.165) is 28.1 Å². The number of nitrogens with zero attached hydrogens (tertiary/aromatic N) is 2. The van der Waals surface area contributed by atoms with Crippen molar-refractivity contribution >= 4 is 38.9 Å². The number of aromatic nitrogens is 1. The molecule has 1 heterocycles. The van der Waals surface area contributed by atoms with Crippen LogP contribution in [0.3, 0.4) is 0 Å². The summed E-state index contributed by atoms with van der Waals surface area (Å²) in [5.74, 6) is -0.398. The number of carbonyl (C=O) groups is 1. The molecule has 0 saturated carbocycles. The minimum Gasteiger partial charge on any atom is -0.324 e. The van der Waals surface area contributed by atoms with Gasteiger partial charge in [-0.3, -0.25) is 14.1 Å². The second-order valence-electron chi connectivity index (χ2n) is 7.18. The van der Waals surface area contributed by atoms with E-state index in [9.17, 15) is 13.2 Å². The van der Waals surface area contributed by atoms with Crippen LogP contribution in [-0.4, -0.2) is 31.6 Å². The van der Waals surface area contributed by atoms with Gasteiger partial charge < -0.3 is 5.32 Å². The van der Waals surface area contributed by atoms with Crippen LogP contribution < -0.4 is 9.62 Å². The summed E-state index contributed by atoms with van der Waals surface area (Å²) >= 11 is 5.93. The van der Waals surface area contributed by atoms with Gasteiger partial charge in [-0.1, -0.05) is 30.7 Å². The highest BCUT2D eigenvalue weighted by atomic mass is 35.5. The van der Waals surface area contributed by atoms with E-state index in [1.165, 1.54) is 0 Å². The van der Waals surface area contributed by atoms with Gasteiger partial charge >= 0.3 is 0 Å². The molecule has 0 spiro atoms. The Morgan fingerprint density at radius 1 is 1.00 bits per heavy atom. The fraction of sp³-hybridized carbons (Fsp3) is 0.217. The Balaban J connectivity index is 1.77. The summed E-state index contributed by atoms with van der Waals surface area (Å²) in [5, 5.41) is 3.32. The van der Waals surface area contributed by atoms with Crippen molar-refractivity contribution in [3.05, 3.63) is 89.2 Å². The molecule has 31 heavy (non-hydrogen) atoms. The molecule has 6 nitrogen and oxygen atoms in total. The summed E-state index contributed by atoms with van der Waals surface area (Å²) in [6, 6.07) is 16.9. The average Bonchev–Trinajstić information content (AvgIpc) is 2.74. The van der Waals surface area contributed by atoms with E-state index in [0.29, 0.717) is 22.8 Å². The molecule has 8 heteroatoms. The van der Waals surface area contributed by atoms with E-state index in [1.54, 1.807) is 43.6 Å². The number of sulfonamides is 1. The first-order chi connectivity index (χ1) is 14.8. The molecule has 0 bridgehead atoms. The lowest BCUT2D eigenvalue weighted by Gasteiger charge is -2.30. The maximum absolute atomic E-state index is 13.0. The smallest absolute Gasteiger partial charge is 0.248 e. The standard InChI is InChI=1S/C23H24ClN3O3S/c1-3-22(27(31(2,29)30)21-10-6-19(24)7-11-21)23(28)26-20-8-4-17(5-9-20)16-18-12-14-25-15-13-18/h4-15,22H,3,16H2,1-2H3,(H,26,28)/t22-/m0/s1. The number of hydrogen-bond acceptors (Lipinski definition) is 4. The van der Waals surface area contributed by atoms with Gasteiger partial charge in [0.05, 0.1) is 11.9 Å². The Kier molecular flexibility index (Phi) is 7.30. The molecule has 3 aromatic rings. The summed E-state index contributed by atoms with van der Waals surface area (Å²) in [5.41, 5.74) is 3.23. The molecule has 0 radical (unpaired) electrons. The van der Waals surface area contributed by atoms with E-state index < -0.39 is 22.0 Å². The van der Waals surface area contributed by atoms with Crippen LogP contribution in [0.4, 0.5) is 11.4 Å². The number of pyridine rings is 1. The maximum Gasteiger partial charge on any atom is 0.248 e. The largest absolute Gasteiger partial charge is 0.324 e. The van der Waals surface area contributed by atoms with Crippen molar-refractivity contribution in [2.24, 2.45) is 0 Å². The lowest BCUT2D eigenvalue weighted by atomic mass is 10.1. The van der Waals surface area contributed by atoms with Crippen molar-refractivity contribution in [2.75, 3.05) is 15.9 Å². The molecule has 1 atom stereocenters. The summed E-state index contributed by atoms with van der Waals surface area (Å²) < 4.78 is 26.1. The monoisotopic (exact) mass is 457 g/mol. The molecule has 0 unspecified atom stereocenters. The number of rotatable bonds is 8. The molecule has 3 rings (SSSR count). The van der Waals surface area contributed by atoms with Crippen LogP contribution in [-0.2, 0) is 21.2 Å². The molecule has 0 aliphatic heterocycles. The SMILES string of the molecule is CC[C@@H](C(=O)Nc1ccc(Cc2ccncc2)cc1)N(c1ccc(Cl)cc1)S(C)(=O)=O. The molecule has 1 N–H and O–H groups in total. The van der Waals surface area contributed by atoms with Crippen molar-refractivity contribution in [1.29, 1.82) is 0 Å². The first kappa shape index (κ1) is 22.8. The average molecular weight is 458 g/mol. The minimum absolute atomic E-state index is 0.307. The van der Waals surface area contributed by atoms with E-state index in [-0.39, 0.29) is 0 Å². The van der Waals surface area contributed by atoms with Crippen molar-refractivity contribution in [3.8, 4) is 0 Å². The summed E-state index contributed by atoms with van der Waals surface area (Å²) in [6.07, 6.45) is 5.66.